The quantitative estimate of drug-likeness (QED) is 0.809. The van der Waals surface area contributed by atoms with Crippen LogP contribution in [0.15, 0.2) is 24.3 Å². The van der Waals surface area contributed by atoms with E-state index < -0.39 is 0 Å². The molecule has 4 nitrogen and oxygen atoms in total. The summed E-state index contributed by atoms with van der Waals surface area (Å²) in [5.41, 5.74) is 7.70. The Morgan fingerprint density at radius 1 is 1.28 bits per heavy atom. The number of nitrogens with two attached hydrogens (primary N) is 1. The lowest BCUT2D eigenvalue weighted by Crippen LogP contribution is -2.45. The SMILES string of the molecule is CC(=O)N(C)C1CCN(c2ccc(N)cc2)CC1. The maximum absolute atomic E-state index is 11.3. The molecular formula is C14H21N3O. The minimum atomic E-state index is 0.154. The molecule has 1 aromatic carbocycles. The summed E-state index contributed by atoms with van der Waals surface area (Å²) in [6.07, 6.45) is 2.06. The first-order valence-corrected chi connectivity index (χ1v) is 6.42. The Hall–Kier alpha value is -1.71. The number of rotatable bonds is 2. The zero-order valence-electron chi connectivity index (χ0n) is 11.1. The summed E-state index contributed by atoms with van der Waals surface area (Å²) in [5.74, 6) is 0.154. The van der Waals surface area contributed by atoms with Gasteiger partial charge in [0.15, 0.2) is 0 Å². The average Bonchev–Trinajstić information content (AvgIpc) is 2.39. The van der Waals surface area contributed by atoms with Crippen molar-refractivity contribution in [3.8, 4) is 0 Å². The molecule has 0 aromatic heterocycles. The number of benzene rings is 1. The van der Waals surface area contributed by atoms with Crippen LogP contribution in [0, 0.1) is 0 Å². The van der Waals surface area contributed by atoms with Crippen molar-refractivity contribution in [3.63, 3.8) is 0 Å². The Bertz CT molecular complexity index is 408. The Morgan fingerprint density at radius 3 is 2.33 bits per heavy atom. The average molecular weight is 247 g/mol. The number of hydrogen-bond acceptors (Lipinski definition) is 3. The molecule has 98 valence electrons. The number of carbonyl (C=O) groups excluding carboxylic acids is 1. The molecule has 0 spiro atoms. The molecule has 1 saturated heterocycles. The second-order valence-corrected chi connectivity index (χ2v) is 4.94. The van der Waals surface area contributed by atoms with Crippen LogP contribution in [0.1, 0.15) is 19.8 Å². The molecule has 1 aliphatic heterocycles. The summed E-state index contributed by atoms with van der Waals surface area (Å²) in [4.78, 5) is 15.5. The number of piperidine rings is 1. The Morgan fingerprint density at radius 2 is 1.83 bits per heavy atom. The molecule has 2 rings (SSSR count). The van der Waals surface area contributed by atoms with Gasteiger partial charge in [0, 0.05) is 44.5 Å². The second-order valence-electron chi connectivity index (χ2n) is 4.94. The molecule has 0 saturated carbocycles. The fourth-order valence-electron chi connectivity index (χ4n) is 2.45. The largest absolute Gasteiger partial charge is 0.399 e. The number of amides is 1. The molecule has 18 heavy (non-hydrogen) atoms. The molecule has 2 N–H and O–H groups in total. The standard InChI is InChI=1S/C14H21N3O/c1-11(18)16(2)13-7-9-17(10-8-13)14-5-3-12(15)4-6-14/h3-6,13H,7-10,15H2,1-2H3. The monoisotopic (exact) mass is 247 g/mol. The van der Waals surface area contributed by atoms with Gasteiger partial charge in [-0.25, -0.2) is 0 Å². The van der Waals surface area contributed by atoms with Gasteiger partial charge in [-0.2, -0.15) is 0 Å². The van der Waals surface area contributed by atoms with Crippen LogP contribution in [-0.4, -0.2) is 37.0 Å². The highest BCUT2D eigenvalue weighted by molar-refractivity contribution is 5.73. The molecule has 0 bridgehead atoms. The Balaban J connectivity index is 1.94. The first kappa shape index (κ1) is 12.7. The van der Waals surface area contributed by atoms with E-state index in [1.165, 1.54) is 5.69 Å². The van der Waals surface area contributed by atoms with Crippen molar-refractivity contribution >= 4 is 17.3 Å². The highest BCUT2D eigenvalue weighted by Gasteiger charge is 2.23. The third-order valence-corrected chi connectivity index (χ3v) is 3.77. The van der Waals surface area contributed by atoms with Gasteiger partial charge in [-0.3, -0.25) is 4.79 Å². The van der Waals surface area contributed by atoms with Gasteiger partial charge in [0.1, 0.15) is 0 Å². The van der Waals surface area contributed by atoms with Gasteiger partial charge in [0.05, 0.1) is 0 Å². The third kappa shape index (κ3) is 2.75. The predicted molar refractivity (Wildman–Crippen MR) is 74.5 cm³/mol. The van der Waals surface area contributed by atoms with E-state index in [2.05, 4.69) is 17.0 Å². The molecule has 4 heteroatoms. The summed E-state index contributed by atoms with van der Waals surface area (Å²) in [6.45, 7) is 3.62. The van der Waals surface area contributed by atoms with Crippen molar-refractivity contribution in [1.29, 1.82) is 0 Å². The van der Waals surface area contributed by atoms with E-state index in [1.807, 2.05) is 24.1 Å². The number of hydrogen-bond donors (Lipinski definition) is 1. The third-order valence-electron chi connectivity index (χ3n) is 3.77. The molecule has 1 aliphatic rings. The second kappa shape index (κ2) is 5.29. The van der Waals surface area contributed by atoms with E-state index in [1.54, 1.807) is 6.92 Å². The molecule has 1 fully saturated rings. The molecule has 0 aliphatic carbocycles. The van der Waals surface area contributed by atoms with Crippen LogP contribution in [0.3, 0.4) is 0 Å². The van der Waals surface area contributed by atoms with Crippen molar-refractivity contribution in [3.05, 3.63) is 24.3 Å². The Kier molecular flexibility index (Phi) is 3.75. The minimum Gasteiger partial charge on any atom is -0.399 e. The van der Waals surface area contributed by atoms with Crippen molar-refractivity contribution in [2.45, 2.75) is 25.8 Å². The van der Waals surface area contributed by atoms with E-state index in [-0.39, 0.29) is 5.91 Å². The lowest BCUT2D eigenvalue weighted by atomic mass is 10.0. The van der Waals surface area contributed by atoms with Crippen LogP contribution < -0.4 is 10.6 Å². The van der Waals surface area contributed by atoms with E-state index in [0.717, 1.165) is 31.6 Å². The lowest BCUT2D eigenvalue weighted by molar-refractivity contribution is -0.129. The molecule has 1 aromatic rings. The molecule has 0 radical (unpaired) electrons. The molecule has 1 heterocycles. The normalized spacial score (nSPS) is 16.7. The lowest BCUT2D eigenvalue weighted by Gasteiger charge is -2.37. The zero-order valence-corrected chi connectivity index (χ0v) is 11.1. The van der Waals surface area contributed by atoms with Gasteiger partial charge in [-0.05, 0) is 37.1 Å². The first-order valence-electron chi connectivity index (χ1n) is 6.42. The number of carbonyl (C=O) groups is 1. The molecule has 1 amide bonds. The van der Waals surface area contributed by atoms with Gasteiger partial charge < -0.3 is 15.5 Å². The number of nitrogens with zero attached hydrogens (tertiary/aromatic N) is 2. The summed E-state index contributed by atoms with van der Waals surface area (Å²) >= 11 is 0. The Labute approximate surface area is 108 Å². The topological polar surface area (TPSA) is 49.6 Å². The summed E-state index contributed by atoms with van der Waals surface area (Å²) in [6, 6.07) is 8.37. The zero-order chi connectivity index (χ0) is 13.1. The van der Waals surface area contributed by atoms with E-state index in [4.69, 9.17) is 5.73 Å². The van der Waals surface area contributed by atoms with E-state index in [0.29, 0.717) is 6.04 Å². The van der Waals surface area contributed by atoms with E-state index in [9.17, 15) is 4.79 Å². The number of anilines is 2. The smallest absolute Gasteiger partial charge is 0.219 e. The highest BCUT2D eigenvalue weighted by atomic mass is 16.2. The fraction of sp³-hybridized carbons (Fsp3) is 0.500. The van der Waals surface area contributed by atoms with Gasteiger partial charge in [0.25, 0.3) is 0 Å². The summed E-state index contributed by atoms with van der Waals surface area (Å²) in [7, 11) is 1.89. The van der Waals surface area contributed by atoms with Gasteiger partial charge in [0.2, 0.25) is 5.91 Å². The molecular weight excluding hydrogens is 226 g/mol. The first-order chi connectivity index (χ1) is 8.58. The van der Waals surface area contributed by atoms with Crippen LogP contribution >= 0.6 is 0 Å². The van der Waals surface area contributed by atoms with Crippen LogP contribution in [0.5, 0.6) is 0 Å². The van der Waals surface area contributed by atoms with Crippen molar-refractivity contribution < 1.29 is 4.79 Å². The highest BCUT2D eigenvalue weighted by Crippen LogP contribution is 2.22. The van der Waals surface area contributed by atoms with Crippen LogP contribution in [0.2, 0.25) is 0 Å². The van der Waals surface area contributed by atoms with Crippen LogP contribution in [0.25, 0.3) is 0 Å². The van der Waals surface area contributed by atoms with Gasteiger partial charge >= 0.3 is 0 Å². The maximum Gasteiger partial charge on any atom is 0.219 e. The van der Waals surface area contributed by atoms with E-state index >= 15 is 0 Å². The fourth-order valence-corrected chi connectivity index (χ4v) is 2.45. The van der Waals surface area contributed by atoms with Crippen LogP contribution in [-0.2, 0) is 4.79 Å². The summed E-state index contributed by atoms with van der Waals surface area (Å²) in [5, 5.41) is 0. The molecule has 0 unspecified atom stereocenters. The van der Waals surface area contributed by atoms with Crippen molar-refractivity contribution in [2.75, 3.05) is 30.8 Å². The van der Waals surface area contributed by atoms with Gasteiger partial charge in [-0.1, -0.05) is 0 Å². The number of nitrogen functional groups attached to an aromatic ring is 1. The van der Waals surface area contributed by atoms with Crippen LogP contribution in [0.4, 0.5) is 11.4 Å². The molecule has 0 atom stereocenters. The summed E-state index contributed by atoms with van der Waals surface area (Å²) < 4.78 is 0. The predicted octanol–water partition coefficient (Wildman–Crippen LogP) is 1.72. The van der Waals surface area contributed by atoms with Crippen molar-refractivity contribution in [1.82, 2.24) is 4.90 Å². The maximum atomic E-state index is 11.3. The van der Waals surface area contributed by atoms with Crippen molar-refractivity contribution in [2.24, 2.45) is 0 Å². The van der Waals surface area contributed by atoms with Gasteiger partial charge in [-0.15, -0.1) is 0 Å². The minimum absolute atomic E-state index is 0.154.